The molecule has 142 valence electrons. The summed E-state index contributed by atoms with van der Waals surface area (Å²) >= 11 is 7.41. The Kier molecular flexibility index (Phi) is 6.90. The van der Waals surface area contributed by atoms with Crippen LogP contribution in [0, 0.1) is 0 Å². The van der Waals surface area contributed by atoms with E-state index in [0.29, 0.717) is 28.3 Å². The smallest absolute Gasteiger partial charge is 0.237 e. The van der Waals surface area contributed by atoms with Gasteiger partial charge in [0, 0.05) is 21.0 Å². The predicted octanol–water partition coefficient (Wildman–Crippen LogP) is 6.08. The molecule has 3 rings (SSSR count). The number of carbonyl (C=O) groups is 2. The lowest BCUT2D eigenvalue weighted by Crippen LogP contribution is -2.25. The minimum absolute atomic E-state index is 0.116. The van der Waals surface area contributed by atoms with E-state index in [2.05, 4.69) is 5.32 Å². The number of halogens is 1. The highest BCUT2D eigenvalue weighted by atomic mass is 35.5. The summed E-state index contributed by atoms with van der Waals surface area (Å²) in [7, 11) is 0. The van der Waals surface area contributed by atoms with Gasteiger partial charge in [0.15, 0.2) is 5.78 Å². The molecule has 0 unspecified atom stereocenters. The summed E-state index contributed by atoms with van der Waals surface area (Å²) in [5.41, 5.74) is 1.59. The summed E-state index contributed by atoms with van der Waals surface area (Å²) in [5, 5.41) is 3.32. The van der Waals surface area contributed by atoms with Crippen molar-refractivity contribution in [2.75, 3.05) is 5.32 Å². The second-order valence-corrected chi connectivity index (χ2v) is 7.91. The minimum Gasteiger partial charge on any atom is -0.324 e. The molecule has 0 aliphatic heterocycles. The first-order valence-corrected chi connectivity index (χ1v) is 10.3. The molecule has 0 aliphatic carbocycles. The van der Waals surface area contributed by atoms with Gasteiger partial charge in [0.25, 0.3) is 0 Å². The van der Waals surface area contributed by atoms with Gasteiger partial charge in [-0.3, -0.25) is 9.59 Å². The number of para-hydroxylation sites is 1. The van der Waals surface area contributed by atoms with E-state index in [0.717, 1.165) is 4.90 Å². The molecule has 1 atom stereocenters. The molecule has 0 aromatic heterocycles. The first-order valence-electron chi connectivity index (χ1n) is 9.00. The van der Waals surface area contributed by atoms with Gasteiger partial charge in [0.05, 0.1) is 10.9 Å². The van der Waals surface area contributed by atoms with Crippen molar-refractivity contribution in [3.05, 3.63) is 95.0 Å². The van der Waals surface area contributed by atoms with E-state index in [9.17, 15) is 9.59 Å². The zero-order valence-electron chi connectivity index (χ0n) is 15.4. The van der Waals surface area contributed by atoms with E-state index < -0.39 is 0 Å². The summed E-state index contributed by atoms with van der Waals surface area (Å²) in [5.74, 6) is -0.245. The number of anilines is 1. The van der Waals surface area contributed by atoms with Crippen LogP contribution < -0.4 is 5.32 Å². The second kappa shape index (κ2) is 9.58. The lowest BCUT2D eigenvalue weighted by molar-refractivity contribution is -0.115. The molecule has 3 aromatic rings. The molecule has 0 aliphatic rings. The molecule has 1 N–H and O–H groups in total. The maximum Gasteiger partial charge on any atom is 0.237 e. The first kappa shape index (κ1) is 20.2. The maximum absolute atomic E-state index is 12.9. The van der Waals surface area contributed by atoms with E-state index in [-0.39, 0.29) is 16.9 Å². The van der Waals surface area contributed by atoms with Crippen LogP contribution in [-0.2, 0) is 4.79 Å². The minimum atomic E-state index is -0.277. The molecule has 0 saturated carbocycles. The predicted molar refractivity (Wildman–Crippen MR) is 116 cm³/mol. The van der Waals surface area contributed by atoms with Crippen LogP contribution in [-0.4, -0.2) is 16.9 Å². The van der Waals surface area contributed by atoms with Gasteiger partial charge in [-0.1, -0.05) is 61.0 Å². The third kappa shape index (κ3) is 5.03. The van der Waals surface area contributed by atoms with Crippen LogP contribution >= 0.6 is 23.4 Å². The molecule has 5 heteroatoms. The number of nitrogens with one attached hydrogen (secondary N) is 1. The van der Waals surface area contributed by atoms with Gasteiger partial charge in [-0.2, -0.15) is 0 Å². The van der Waals surface area contributed by atoms with Crippen molar-refractivity contribution >= 4 is 40.7 Å². The summed E-state index contributed by atoms with van der Waals surface area (Å²) < 4.78 is 0. The molecule has 0 saturated heterocycles. The van der Waals surface area contributed by atoms with Gasteiger partial charge < -0.3 is 5.32 Å². The number of carbonyl (C=O) groups excluding carboxylic acids is 2. The van der Waals surface area contributed by atoms with E-state index in [1.54, 1.807) is 30.3 Å². The fourth-order valence-corrected chi connectivity index (χ4v) is 3.83. The van der Waals surface area contributed by atoms with Crippen LogP contribution in [0.1, 0.15) is 29.3 Å². The number of rotatable bonds is 7. The number of ketones is 1. The Hall–Kier alpha value is -2.56. The maximum atomic E-state index is 12.9. The largest absolute Gasteiger partial charge is 0.324 e. The topological polar surface area (TPSA) is 46.2 Å². The lowest BCUT2D eigenvalue weighted by atomic mass is 10.0. The molecular formula is C23H20ClNO2S. The Bertz CT molecular complexity index is 958. The zero-order chi connectivity index (χ0) is 19.9. The van der Waals surface area contributed by atoms with E-state index in [1.165, 1.54) is 11.8 Å². The average Bonchev–Trinajstić information content (AvgIpc) is 2.73. The molecule has 0 bridgehead atoms. The van der Waals surface area contributed by atoms with Crippen molar-refractivity contribution in [2.24, 2.45) is 0 Å². The van der Waals surface area contributed by atoms with Crippen molar-refractivity contribution in [1.82, 2.24) is 0 Å². The number of thioether (sulfide) groups is 1. The lowest BCUT2D eigenvalue weighted by Gasteiger charge is -2.16. The van der Waals surface area contributed by atoms with Gasteiger partial charge in [0.2, 0.25) is 5.91 Å². The van der Waals surface area contributed by atoms with Gasteiger partial charge >= 0.3 is 0 Å². The molecule has 0 radical (unpaired) electrons. The fourth-order valence-electron chi connectivity index (χ4n) is 2.75. The fraction of sp³-hybridized carbons (Fsp3) is 0.130. The number of benzene rings is 3. The monoisotopic (exact) mass is 409 g/mol. The van der Waals surface area contributed by atoms with E-state index in [1.807, 2.05) is 55.5 Å². The molecule has 0 heterocycles. The third-order valence-electron chi connectivity index (χ3n) is 4.22. The van der Waals surface area contributed by atoms with Crippen LogP contribution in [0.2, 0.25) is 5.02 Å². The van der Waals surface area contributed by atoms with Gasteiger partial charge in [0.1, 0.15) is 0 Å². The Balaban J connectivity index is 1.78. The SMILES string of the molecule is CC[C@H](Sc1ccc(Cl)cc1)C(=O)Nc1ccccc1C(=O)c1ccccc1. The normalized spacial score (nSPS) is 11.6. The van der Waals surface area contributed by atoms with Gasteiger partial charge in [-0.25, -0.2) is 0 Å². The van der Waals surface area contributed by atoms with Crippen LogP contribution in [0.3, 0.4) is 0 Å². The summed E-state index contributed by atoms with van der Waals surface area (Å²) in [4.78, 5) is 26.7. The quantitative estimate of drug-likeness (QED) is 0.380. The summed E-state index contributed by atoms with van der Waals surface area (Å²) in [6.45, 7) is 1.97. The van der Waals surface area contributed by atoms with Gasteiger partial charge in [-0.05, 0) is 42.8 Å². The Morgan fingerprint density at radius 3 is 2.25 bits per heavy atom. The highest BCUT2D eigenvalue weighted by Gasteiger charge is 2.21. The zero-order valence-corrected chi connectivity index (χ0v) is 17.0. The van der Waals surface area contributed by atoms with Crippen molar-refractivity contribution in [1.29, 1.82) is 0 Å². The van der Waals surface area contributed by atoms with Crippen molar-refractivity contribution in [3.63, 3.8) is 0 Å². The van der Waals surface area contributed by atoms with E-state index in [4.69, 9.17) is 11.6 Å². The van der Waals surface area contributed by atoms with Crippen LogP contribution in [0.4, 0.5) is 5.69 Å². The van der Waals surface area contributed by atoms with Gasteiger partial charge in [-0.15, -0.1) is 11.8 Å². The number of amides is 1. The highest BCUT2D eigenvalue weighted by Crippen LogP contribution is 2.28. The standard InChI is InChI=1S/C23H20ClNO2S/c1-2-21(28-18-14-12-17(24)13-15-18)23(27)25-20-11-7-6-10-19(20)22(26)16-8-4-3-5-9-16/h3-15,21H,2H2,1H3,(H,25,27)/t21-/m0/s1. The van der Waals surface area contributed by atoms with Crippen LogP contribution in [0.15, 0.2) is 83.8 Å². The molecule has 1 amide bonds. The highest BCUT2D eigenvalue weighted by molar-refractivity contribution is 8.00. The molecule has 0 fully saturated rings. The Morgan fingerprint density at radius 1 is 0.929 bits per heavy atom. The van der Waals surface area contributed by atoms with Crippen LogP contribution in [0.5, 0.6) is 0 Å². The number of hydrogen-bond acceptors (Lipinski definition) is 3. The van der Waals surface area contributed by atoms with Crippen LogP contribution in [0.25, 0.3) is 0 Å². The Labute approximate surface area is 174 Å². The molecule has 28 heavy (non-hydrogen) atoms. The molecule has 3 nitrogen and oxygen atoms in total. The van der Waals surface area contributed by atoms with E-state index >= 15 is 0 Å². The summed E-state index contributed by atoms with van der Waals surface area (Å²) in [6, 6.07) is 23.6. The molecule has 3 aromatic carbocycles. The van der Waals surface area contributed by atoms with Crippen molar-refractivity contribution in [2.45, 2.75) is 23.5 Å². The molecule has 0 spiro atoms. The second-order valence-electron chi connectivity index (χ2n) is 6.20. The van der Waals surface area contributed by atoms with Crippen molar-refractivity contribution in [3.8, 4) is 0 Å². The summed E-state index contributed by atoms with van der Waals surface area (Å²) in [6.07, 6.45) is 0.661. The molecular weight excluding hydrogens is 390 g/mol. The number of hydrogen-bond donors (Lipinski definition) is 1. The average molecular weight is 410 g/mol. The Morgan fingerprint density at radius 2 is 1.57 bits per heavy atom. The van der Waals surface area contributed by atoms with Crippen molar-refractivity contribution < 1.29 is 9.59 Å². The first-order chi connectivity index (χ1) is 13.6. The third-order valence-corrected chi connectivity index (χ3v) is 5.85.